The molecule has 1 aliphatic rings. The smallest absolute Gasteiger partial charge is 0.237 e. The Morgan fingerprint density at radius 3 is 2.12 bits per heavy atom. The van der Waals surface area contributed by atoms with E-state index in [0.29, 0.717) is 5.95 Å². The van der Waals surface area contributed by atoms with E-state index < -0.39 is 0 Å². The second kappa shape index (κ2) is 6.01. The third kappa shape index (κ3) is 2.19. The summed E-state index contributed by atoms with van der Waals surface area (Å²) in [6.07, 6.45) is 3.12. The van der Waals surface area contributed by atoms with E-state index in [4.69, 9.17) is 0 Å². The van der Waals surface area contributed by atoms with Crippen LogP contribution in [0.4, 0.5) is 0 Å². The van der Waals surface area contributed by atoms with Crippen LogP contribution >= 0.6 is 0 Å². The first-order chi connectivity index (χ1) is 15.6. The van der Waals surface area contributed by atoms with Gasteiger partial charge in [-0.15, -0.1) is 0 Å². The minimum atomic E-state index is -0.0431. The van der Waals surface area contributed by atoms with Gasteiger partial charge in [0.25, 0.3) is 0 Å². The maximum Gasteiger partial charge on any atom is 0.237 e. The average Bonchev–Trinajstić information content (AvgIpc) is 3.25. The Labute approximate surface area is 185 Å². The van der Waals surface area contributed by atoms with Crippen LogP contribution < -0.4 is 0 Å². The Kier molecular flexibility index (Phi) is 3.31. The van der Waals surface area contributed by atoms with Gasteiger partial charge in [0, 0.05) is 16.2 Å². The van der Waals surface area contributed by atoms with E-state index in [1.807, 2.05) is 0 Å². The van der Waals surface area contributed by atoms with Crippen molar-refractivity contribution in [3.05, 3.63) is 96.6 Å². The van der Waals surface area contributed by atoms with Gasteiger partial charge in [0.05, 0.1) is 11.0 Å². The van der Waals surface area contributed by atoms with E-state index in [-0.39, 0.29) is 5.41 Å². The highest BCUT2D eigenvalue weighted by Gasteiger charge is 2.36. The summed E-state index contributed by atoms with van der Waals surface area (Å²) in [5.41, 5.74) is 7.54. The van der Waals surface area contributed by atoms with Gasteiger partial charge in [-0.05, 0) is 57.3 Å². The van der Waals surface area contributed by atoms with Crippen LogP contribution in [0.25, 0.3) is 49.7 Å². The molecule has 0 atom stereocenters. The maximum absolute atomic E-state index is 4.51. The molecular formula is C28H20N4. The molecule has 152 valence electrons. The summed E-state index contributed by atoms with van der Waals surface area (Å²) in [5.74, 6) is 0.640. The zero-order chi connectivity index (χ0) is 21.4. The van der Waals surface area contributed by atoms with Crippen molar-refractivity contribution in [3.8, 4) is 17.1 Å². The van der Waals surface area contributed by atoms with Gasteiger partial charge in [-0.25, -0.2) is 15.0 Å². The Bertz CT molecular complexity index is 1690. The standard InChI is InChI=1S/C28H20N4/c1-28(2)23-10-6-5-9-19(23)20-14-26-22(13-24(20)28)21-11-17-7-3-4-8-18(17)12-25(21)32(26)27-30-15-29-16-31-27/h3-16H,1-2H3. The number of hydrogen-bond donors (Lipinski definition) is 0. The molecule has 0 N–H and O–H groups in total. The molecule has 0 saturated heterocycles. The third-order valence-corrected chi connectivity index (χ3v) is 7.02. The first-order valence-electron chi connectivity index (χ1n) is 10.9. The van der Waals surface area contributed by atoms with Crippen LogP contribution in [0.15, 0.2) is 85.5 Å². The summed E-state index contributed by atoms with van der Waals surface area (Å²) in [6, 6.07) is 26.5. The van der Waals surface area contributed by atoms with E-state index in [2.05, 4.69) is 106 Å². The van der Waals surface area contributed by atoms with Gasteiger partial charge in [-0.2, -0.15) is 0 Å². The molecule has 0 fully saturated rings. The third-order valence-electron chi connectivity index (χ3n) is 7.02. The summed E-state index contributed by atoms with van der Waals surface area (Å²) in [5, 5.41) is 4.88. The second-order valence-corrected chi connectivity index (χ2v) is 9.08. The number of benzene rings is 4. The SMILES string of the molecule is CC1(C)c2ccccc2-c2cc3c(cc21)c1cc2ccccc2cc1n3-c1ncncn1. The monoisotopic (exact) mass is 412 g/mol. The van der Waals surface area contributed by atoms with Crippen LogP contribution in [-0.4, -0.2) is 19.5 Å². The van der Waals surface area contributed by atoms with Gasteiger partial charge in [0.15, 0.2) is 0 Å². The molecule has 0 bridgehead atoms. The number of hydrogen-bond acceptors (Lipinski definition) is 3. The van der Waals surface area contributed by atoms with E-state index in [0.717, 1.165) is 11.0 Å². The minimum absolute atomic E-state index is 0.0431. The lowest BCUT2D eigenvalue weighted by Gasteiger charge is -2.21. The average molecular weight is 412 g/mol. The molecule has 2 aromatic heterocycles. The molecule has 4 nitrogen and oxygen atoms in total. The van der Waals surface area contributed by atoms with Crippen molar-refractivity contribution >= 4 is 32.6 Å². The van der Waals surface area contributed by atoms with Crippen LogP contribution in [0.1, 0.15) is 25.0 Å². The first-order valence-corrected chi connectivity index (χ1v) is 10.9. The largest absolute Gasteiger partial charge is 0.278 e. The Morgan fingerprint density at radius 1 is 0.656 bits per heavy atom. The molecule has 7 rings (SSSR count). The number of aromatic nitrogens is 4. The lowest BCUT2D eigenvalue weighted by atomic mass is 9.82. The quantitative estimate of drug-likeness (QED) is 0.313. The van der Waals surface area contributed by atoms with Crippen molar-refractivity contribution in [2.45, 2.75) is 19.3 Å². The number of nitrogens with zero attached hydrogens (tertiary/aromatic N) is 4. The van der Waals surface area contributed by atoms with Crippen molar-refractivity contribution in [2.75, 3.05) is 0 Å². The molecule has 0 aliphatic heterocycles. The van der Waals surface area contributed by atoms with Gasteiger partial charge in [0.1, 0.15) is 12.7 Å². The van der Waals surface area contributed by atoms with Crippen molar-refractivity contribution in [3.63, 3.8) is 0 Å². The highest BCUT2D eigenvalue weighted by Crippen LogP contribution is 2.50. The molecule has 0 radical (unpaired) electrons. The molecule has 0 amide bonds. The molecule has 0 saturated carbocycles. The fourth-order valence-corrected chi connectivity index (χ4v) is 5.46. The van der Waals surface area contributed by atoms with Gasteiger partial charge >= 0.3 is 0 Å². The fraction of sp³-hybridized carbons (Fsp3) is 0.107. The minimum Gasteiger partial charge on any atom is -0.278 e. The molecule has 1 aliphatic carbocycles. The topological polar surface area (TPSA) is 43.6 Å². The highest BCUT2D eigenvalue weighted by molar-refractivity contribution is 6.14. The maximum atomic E-state index is 4.51. The predicted octanol–water partition coefficient (Wildman–Crippen LogP) is 6.43. The molecule has 2 heterocycles. The van der Waals surface area contributed by atoms with Crippen LogP contribution in [-0.2, 0) is 5.41 Å². The first kappa shape index (κ1) is 17.6. The van der Waals surface area contributed by atoms with Crippen LogP contribution in [0.5, 0.6) is 0 Å². The Morgan fingerprint density at radius 2 is 1.31 bits per heavy atom. The van der Waals surface area contributed by atoms with Crippen molar-refractivity contribution in [1.29, 1.82) is 0 Å². The summed E-state index contributed by atoms with van der Waals surface area (Å²) in [6.45, 7) is 4.65. The summed E-state index contributed by atoms with van der Waals surface area (Å²) in [7, 11) is 0. The zero-order valence-electron chi connectivity index (χ0n) is 17.9. The molecule has 4 aromatic carbocycles. The van der Waals surface area contributed by atoms with Gasteiger partial charge in [-0.3, -0.25) is 4.57 Å². The van der Waals surface area contributed by atoms with Crippen molar-refractivity contribution < 1.29 is 0 Å². The predicted molar refractivity (Wildman–Crippen MR) is 129 cm³/mol. The van der Waals surface area contributed by atoms with E-state index in [1.54, 1.807) is 12.7 Å². The van der Waals surface area contributed by atoms with E-state index >= 15 is 0 Å². The molecule has 32 heavy (non-hydrogen) atoms. The van der Waals surface area contributed by atoms with Crippen molar-refractivity contribution in [2.24, 2.45) is 0 Å². The van der Waals surface area contributed by atoms with Crippen LogP contribution in [0.3, 0.4) is 0 Å². The van der Waals surface area contributed by atoms with Crippen molar-refractivity contribution in [1.82, 2.24) is 19.5 Å². The van der Waals surface area contributed by atoms with Gasteiger partial charge < -0.3 is 0 Å². The highest BCUT2D eigenvalue weighted by atomic mass is 15.2. The van der Waals surface area contributed by atoms with Crippen LogP contribution in [0.2, 0.25) is 0 Å². The van der Waals surface area contributed by atoms with Crippen LogP contribution in [0, 0.1) is 0 Å². The molecule has 0 unspecified atom stereocenters. The van der Waals surface area contributed by atoms with Gasteiger partial charge in [-0.1, -0.05) is 62.4 Å². The van der Waals surface area contributed by atoms with E-state index in [9.17, 15) is 0 Å². The molecule has 4 heteroatoms. The molecule has 0 spiro atoms. The second-order valence-electron chi connectivity index (χ2n) is 9.08. The Balaban J connectivity index is 1.69. The summed E-state index contributed by atoms with van der Waals surface area (Å²) in [4.78, 5) is 13.1. The van der Waals surface area contributed by atoms with Gasteiger partial charge in [0.2, 0.25) is 5.95 Å². The molecular weight excluding hydrogens is 392 g/mol. The number of rotatable bonds is 1. The summed E-state index contributed by atoms with van der Waals surface area (Å²) >= 11 is 0. The Hall–Kier alpha value is -4.05. The molecule has 6 aromatic rings. The normalized spacial score (nSPS) is 14.2. The lowest BCUT2D eigenvalue weighted by Crippen LogP contribution is -2.14. The summed E-state index contributed by atoms with van der Waals surface area (Å²) < 4.78 is 2.17. The zero-order valence-corrected chi connectivity index (χ0v) is 17.9. The van der Waals surface area contributed by atoms with E-state index in [1.165, 1.54) is 43.8 Å². The number of fused-ring (bicyclic) bond motifs is 7. The lowest BCUT2D eigenvalue weighted by molar-refractivity contribution is 0.661. The fourth-order valence-electron chi connectivity index (χ4n) is 5.46.